The molecule has 3 nitrogen and oxygen atoms in total. The Kier molecular flexibility index (Phi) is 3.48. The number of hydrogen-bond acceptors (Lipinski definition) is 3. The van der Waals surface area contributed by atoms with Gasteiger partial charge in [-0.3, -0.25) is 4.79 Å². The number of thiophene rings is 1. The highest BCUT2D eigenvalue weighted by atomic mass is 32.1. The molecule has 0 spiro atoms. The van der Waals surface area contributed by atoms with Gasteiger partial charge in [0.05, 0.1) is 11.0 Å². The summed E-state index contributed by atoms with van der Waals surface area (Å²) < 4.78 is 14.4. The van der Waals surface area contributed by atoms with Gasteiger partial charge < -0.3 is 10.0 Å². The van der Waals surface area contributed by atoms with Crippen LogP contribution in [-0.4, -0.2) is 35.6 Å². The summed E-state index contributed by atoms with van der Waals surface area (Å²) >= 11 is 1.32. The smallest absolute Gasteiger partial charge is 0.263 e. The van der Waals surface area contributed by atoms with E-state index in [9.17, 15) is 14.3 Å². The number of aliphatic hydroxyl groups excluding tert-OH is 1. The molecule has 0 saturated heterocycles. The van der Waals surface area contributed by atoms with Gasteiger partial charge in [0.25, 0.3) is 5.91 Å². The number of benzene rings is 1. The maximum absolute atomic E-state index is 13.6. The molecule has 0 aliphatic heterocycles. The summed E-state index contributed by atoms with van der Waals surface area (Å²) in [5.41, 5.74) is 0. The molecule has 20 heavy (non-hydrogen) atoms. The maximum atomic E-state index is 13.6. The molecule has 3 rings (SSSR count). The SMILES string of the molecule is CN(CC1CC(O)C1)C(=O)c1cc2c(F)cccc2s1. The Morgan fingerprint density at radius 2 is 2.25 bits per heavy atom. The van der Waals surface area contributed by atoms with Gasteiger partial charge in [-0.2, -0.15) is 0 Å². The van der Waals surface area contributed by atoms with E-state index in [0.717, 1.165) is 17.5 Å². The number of aliphatic hydroxyl groups is 1. The van der Waals surface area contributed by atoms with E-state index in [4.69, 9.17) is 0 Å². The third kappa shape index (κ3) is 2.43. The zero-order valence-electron chi connectivity index (χ0n) is 11.2. The first kappa shape index (κ1) is 13.5. The topological polar surface area (TPSA) is 40.5 Å². The molecule has 1 N–H and O–H groups in total. The van der Waals surface area contributed by atoms with Crippen LogP contribution in [-0.2, 0) is 0 Å². The summed E-state index contributed by atoms with van der Waals surface area (Å²) in [5, 5.41) is 9.78. The molecular formula is C15H16FNO2S. The van der Waals surface area contributed by atoms with Crippen LogP contribution in [0.1, 0.15) is 22.5 Å². The highest BCUT2D eigenvalue weighted by Crippen LogP contribution is 2.30. The first-order valence-electron chi connectivity index (χ1n) is 6.66. The first-order valence-corrected chi connectivity index (χ1v) is 7.48. The molecule has 2 aromatic rings. The van der Waals surface area contributed by atoms with Crippen molar-refractivity contribution >= 4 is 27.3 Å². The number of carbonyl (C=O) groups excluding carboxylic acids is 1. The number of halogens is 1. The summed E-state index contributed by atoms with van der Waals surface area (Å²) in [4.78, 5) is 14.6. The Balaban J connectivity index is 1.76. The number of carbonyl (C=O) groups is 1. The fourth-order valence-corrected chi connectivity index (χ4v) is 3.71. The van der Waals surface area contributed by atoms with Gasteiger partial charge in [0, 0.05) is 23.7 Å². The standard InChI is InChI=1S/C15H16FNO2S/c1-17(8-9-5-10(18)6-9)15(19)14-7-11-12(16)3-2-4-13(11)20-14/h2-4,7,9-10,18H,5-6,8H2,1H3. The highest BCUT2D eigenvalue weighted by Gasteiger charge is 2.29. The Hall–Kier alpha value is -1.46. The van der Waals surface area contributed by atoms with Crippen molar-refractivity contribution in [1.29, 1.82) is 0 Å². The lowest BCUT2D eigenvalue weighted by Gasteiger charge is -2.34. The van der Waals surface area contributed by atoms with Crippen LogP contribution in [0.5, 0.6) is 0 Å². The fourth-order valence-electron chi connectivity index (χ4n) is 2.64. The molecule has 1 aromatic heterocycles. The van der Waals surface area contributed by atoms with E-state index in [1.54, 1.807) is 24.1 Å². The van der Waals surface area contributed by atoms with E-state index in [1.165, 1.54) is 17.4 Å². The average Bonchev–Trinajstić information content (AvgIpc) is 2.81. The molecule has 1 heterocycles. The second-order valence-electron chi connectivity index (χ2n) is 5.44. The lowest BCUT2D eigenvalue weighted by molar-refractivity contribution is 0.0266. The van der Waals surface area contributed by atoms with Crippen molar-refractivity contribution in [3.05, 3.63) is 35.0 Å². The summed E-state index contributed by atoms with van der Waals surface area (Å²) in [5.74, 6) is 0.0135. The minimum absolute atomic E-state index is 0.0769. The van der Waals surface area contributed by atoms with E-state index in [1.807, 2.05) is 6.07 Å². The van der Waals surface area contributed by atoms with Gasteiger partial charge in [-0.1, -0.05) is 6.07 Å². The third-order valence-electron chi connectivity index (χ3n) is 3.81. The van der Waals surface area contributed by atoms with Gasteiger partial charge >= 0.3 is 0 Å². The molecule has 0 radical (unpaired) electrons. The molecule has 0 unspecified atom stereocenters. The van der Waals surface area contributed by atoms with E-state index >= 15 is 0 Å². The van der Waals surface area contributed by atoms with Gasteiger partial charge in [0.1, 0.15) is 5.82 Å². The molecule has 1 amide bonds. The minimum atomic E-state index is -0.289. The molecule has 1 fully saturated rings. The van der Waals surface area contributed by atoms with Crippen molar-refractivity contribution in [3.8, 4) is 0 Å². The number of hydrogen-bond donors (Lipinski definition) is 1. The van der Waals surface area contributed by atoms with Gasteiger partial charge in [-0.15, -0.1) is 11.3 Å². The lowest BCUT2D eigenvalue weighted by Crippen LogP contribution is -2.39. The second kappa shape index (κ2) is 5.14. The Morgan fingerprint density at radius 1 is 1.50 bits per heavy atom. The van der Waals surface area contributed by atoms with E-state index < -0.39 is 0 Å². The molecule has 0 bridgehead atoms. The summed E-state index contributed by atoms with van der Waals surface area (Å²) in [7, 11) is 1.76. The minimum Gasteiger partial charge on any atom is -0.393 e. The van der Waals surface area contributed by atoms with E-state index in [2.05, 4.69) is 0 Å². The van der Waals surface area contributed by atoms with Crippen LogP contribution in [0.3, 0.4) is 0 Å². The highest BCUT2D eigenvalue weighted by molar-refractivity contribution is 7.20. The monoisotopic (exact) mass is 293 g/mol. The van der Waals surface area contributed by atoms with Crippen LogP contribution < -0.4 is 0 Å². The predicted molar refractivity (Wildman–Crippen MR) is 77.5 cm³/mol. The average molecular weight is 293 g/mol. The molecular weight excluding hydrogens is 277 g/mol. The van der Waals surface area contributed by atoms with Crippen LogP contribution in [0.4, 0.5) is 4.39 Å². The number of fused-ring (bicyclic) bond motifs is 1. The largest absolute Gasteiger partial charge is 0.393 e. The van der Waals surface area contributed by atoms with Crippen molar-refractivity contribution < 1.29 is 14.3 Å². The van der Waals surface area contributed by atoms with Crippen molar-refractivity contribution in [2.24, 2.45) is 5.92 Å². The van der Waals surface area contributed by atoms with Crippen LogP contribution >= 0.6 is 11.3 Å². The van der Waals surface area contributed by atoms with Crippen molar-refractivity contribution in [2.45, 2.75) is 18.9 Å². The normalized spacial score (nSPS) is 21.8. The van der Waals surface area contributed by atoms with Crippen LogP contribution in [0, 0.1) is 11.7 Å². The Morgan fingerprint density at radius 3 is 2.90 bits per heavy atom. The van der Waals surface area contributed by atoms with Gasteiger partial charge in [0.15, 0.2) is 0 Å². The maximum Gasteiger partial charge on any atom is 0.263 e. The zero-order chi connectivity index (χ0) is 14.3. The summed E-state index contributed by atoms with van der Waals surface area (Å²) in [6.07, 6.45) is 1.32. The van der Waals surface area contributed by atoms with Gasteiger partial charge in [-0.05, 0) is 37.0 Å². The lowest BCUT2D eigenvalue weighted by atomic mass is 9.82. The van der Waals surface area contributed by atoms with Crippen LogP contribution in [0.25, 0.3) is 10.1 Å². The molecule has 5 heteroatoms. The molecule has 1 aliphatic rings. The van der Waals surface area contributed by atoms with Crippen molar-refractivity contribution in [3.63, 3.8) is 0 Å². The zero-order valence-corrected chi connectivity index (χ0v) is 12.0. The van der Waals surface area contributed by atoms with E-state index in [0.29, 0.717) is 22.7 Å². The Bertz CT molecular complexity index is 648. The molecule has 1 aliphatic carbocycles. The first-order chi connectivity index (χ1) is 9.54. The van der Waals surface area contributed by atoms with E-state index in [-0.39, 0.29) is 17.8 Å². The van der Waals surface area contributed by atoms with Crippen molar-refractivity contribution in [2.75, 3.05) is 13.6 Å². The number of nitrogens with zero attached hydrogens (tertiary/aromatic N) is 1. The van der Waals surface area contributed by atoms with Crippen molar-refractivity contribution in [1.82, 2.24) is 4.90 Å². The molecule has 1 aromatic carbocycles. The van der Waals surface area contributed by atoms with Gasteiger partial charge in [0.2, 0.25) is 0 Å². The second-order valence-corrected chi connectivity index (χ2v) is 6.52. The summed E-state index contributed by atoms with van der Waals surface area (Å²) in [6.45, 7) is 0.645. The fraction of sp³-hybridized carbons (Fsp3) is 0.400. The molecule has 1 saturated carbocycles. The third-order valence-corrected chi connectivity index (χ3v) is 4.90. The summed E-state index contributed by atoms with van der Waals surface area (Å²) in [6, 6.07) is 6.51. The van der Waals surface area contributed by atoms with Crippen LogP contribution in [0.2, 0.25) is 0 Å². The van der Waals surface area contributed by atoms with Crippen LogP contribution in [0.15, 0.2) is 24.3 Å². The van der Waals surface area contributed by atoms with Gasteiger partial charge in [-0.25, -0.2) is 4.39 Å². The molecule has 106 valence electrons. The quantitative estimate of drug-likeness (QED) is 0.945. The molecule has 0 atom stereocenters. The number of rotatable bonds is 3. The number of amides is 1. The Labute approximate surface area is 120 Å². The predicted octanol–water partition coefficient (Wildman–Crippen LogP) is 2.88.